The maximum Gasteiger partial charge on any atom is 0.322 e. The Bertz CT molecular complexity index is 1370. The number of hydrogen-bond acceptors (Lipinski definition) is 9. The zero-order chi connectivity index (χ0) is 31.4. The van der Waals surface area contributed by atoms with Gasteiger partial charge in [-0.05, 0) is 38.8 Å². The molecule has 2 saturated heterocycles. The fraction of sp³-hybridized carbons (Fsp3) is 0.500. The van der Waals surface area contributed by atoms with Gasteiger partial charge in [0, 0.05) is 57.3 Å². The number of fused-ring (bicyclic) bond motifs is 1. The number of aliphatic hydroxyl groups excluding tert-OH is 1. The van der Waals surface area contributed by atoms with Crippen molar-refractivity contribution in [1.29, 1.82) is 0 Å². The molecule has 10 heteroatoms. The van der Waals surface area contributed by atoms with Crippen LogP contribution in [0.4, 0.5) is 0 Å². The second-order valence-electron chi connectivity index (χ2n) is 12.1. The van der Waals surface area contributed by atoms with Crippen LogP contribution in [0.2, 0.25) is 0 Å². The van der Waals surface area contributed by atoms with Gasteiger partial charge in [-0.3, -0.25) is 14.6 Å². The topological polar surface area (TPSA) is 100 Å². The van der Waals surface area contributed by atoms with Crippen molar-refractivity contribution in [1.82, 2.24) is 24.7 Å². The summed E-state index contributed by atoms with van der Waals surface area (Å²) in [5.74, 6) is 0.727. The first-order valence-corrected chi connectivity index (χ1v) is 15.4. The number of aryl methyl sites for hydroxylation is 2. The monoisotopic (exact) mass is 603 g/mol. The van der Waals surface area contributed by atoms with Crippen LogP contribution in [0, 0.1) is 13.8 Å². The van der Waals surface area contributed by atoms with Gasteiger partial charge in [-0.2, -0.15) is 9.97 Å². The van der Waals surface area contributed by atoms with Crippen molar-refractivity contribution in [2.45, 2.75) is 58.3 Å². The number of piperazine rings is 2. The van der Waals surface area contributed by atoms with E-state index in [4.69, 9.17) is 14.2 Å². The number of ether oxygens (including phenoxy) is 3. The lowest BCUT2D eigenvalue weighted by atomic mass is 9.81. The van der Waals surface area contributed by atoms with Gasteiger partial charge in [0.25, 0.3) is 0 Å². The van der Waals surface area contributed by atoms with Gasteiger partial charge < -0.3 is 24.2 Å². The summed E-state index contributed by atoms with van der Waals surface area (Å²) in [6.07, 6.45) is -0.105. The third kappa shape index (κ3) is 6.98. The summed E-state index contributed by atoms with van der Waals surface area (Å²) in [5, 5.41) is 9.65. The number of aliphatic hydroxyl groups is 1. The largest absolute Gasteiger partial charge is 0.481 e. The van der Waals surface area contributed by atoms with E-state index in [1.807, 2.05) is 13.8 Å². The number of methoxy groups -OCH3 is 2. The Morgan fingerprint density at radius 1 is 0.886 bits per heavy atom. The van der Waals surface area contributed by atoms with Gasteiger partial charge in [-0.1, -0.05) is 59.7 Å². The minimum Gasteiger partial charge on any atom is -0.481 e. The van der Waals surface area contributed by atoms with E-state index in [2.05, 4.69) is 82.1 Å². The Labute approximate surface area is 260 Å². The molecular formula is C34H45N5O5. The van der Waals surface area contributed by atoms with Crippen LogP contribution in [0.3, 0.4) is 0 Å². The van der Waals surface area contributed by atoms with Crippen molar-refractivity contribution in [2.75, 3.05) is 53.6 Å². The van der Waals surface area contributed by atoms with Crippen LogP contribution in [-0.2, 0) is 11.3 Å². The first-order valence-electron chi connectivity index (χ1n) is 15.4. The second-order valence-corrected chi connectivity index (χ2v) is 12.1. The first kappa shape index (κ1) is 31.7. The minimum absolute atomic E-state index is 0.0658. The van der Waals surface area contributed by atoms with Crippen molar-refractivity contribution in [3.05, 3.63) is 76.3 Å². The first-order chi connectivity index (χ1) is 21.2. The molecule has 0 aliphatic carbocycles. The molecule has 3 heterocycles. The van der Waals surface area contributed by atoms with Crippen LogP contribution < -0.4 is 14.2 Å². The Hall–Kier alpha value is -3.73. The molecule has 2 aliphatic rings. The van der Waals surface area contributed by atoms with E-state index in [0.29, 0.717) is 31.4 Å². The number of hydrogen-bond donors (Lipinski definition) is 1. The molecule has 1 aromatic heterocycles. The third-order valence-corrected chi connectivity index (χ3v) is 8.63. The van der Waals surface area contributed by atoms with Crippen molar-refractivity contribution in [3.63, 3.8) is 0 Å². The standard InChI is InChI=1S/C34H45N5O5/c1-22(2)44-33-28(32(42-5)35-34(36-33)43-6)19-37-17-27-18-38(30(41)21-40)15-16-39(27)29(20-37)31(25-11-7-23(3)8-12-25)26-13-9-24(4)10-14-26/h7-14,22,27,29,31,40H,15-21H2,1-6H3/t27-,29+/m1/s1. The normalized spacial score (nSPS) is 19.2. The maximum absolute atomic E-state index is 12.6. The quantitative estimate of drug-likeness (QED) is 0.374. The predicted molar refractivity (Wildman–Crippen MR) is 168 cm³/mol. The van der Waals surface area contributed by atoms with Crippen molar-refractivity contribution in [3.8, 4) is 17.8 Å². The van der Waals surface area contributed by atoms with Crippen LogP contribution in [-0.4, -0.2) is 107 Å². The van der Waals surface area contributed by atoms with E-state index in [1.54, 1.807) is 12.0 Å². The summed E-state index contributed by atoms with van der Waals surface area (Å²) in [7, 11) is 3.12. The molecule has 1 amide bonds. The molecule has 0 spiro atoms. The highest BCUT2D eigenvalue weighted by atomic mass is 16.5. The van der Waals surface area contributed by atoms with Gasteiger partial charge in [0.15, 0.2) is 0 Å². The number of aromatic nitrogens is 2. The van der Waals surface area contributed by atoms with E-state index in [0.717, 1.165) is 25.2 Å². The molecule has 10 nitrogen and oxygen atoms in total. The highest BCUT2D eigenvalue weighted by Gasteiger charge is 2.43. The van der Waals surface area contributed by atoms with Crippen LogP contribution in [0.1, 0.15) is 47.6 Å². The molecule has 44 heavy (non-hydrogen) atoms. The number of amides is 1. The molecule has 236 valence electrons. The van der Waals surface area contributed by atoms with E-state index >= 15 is 0 Å². The zero-order valence-electron chi connectivity index (χ0n) is 26.7. The van der Waals surface area contributed by atoms with Crippen LogP contribution >= 0.6 is 0 Å². The molecular weight excluding hydrogens is 558 g/mol. The van der Waals surface area contributed by atoms with Gasteiger partial charge in [-0.25, -0.2) is 0 Å². The number of rotatable bonds is 10. The third-order valence-electron chi connectivity index (χ3n) is 8.63. The number of carbonyl (C=O) groups is 1. The second kappa shape index (κ2) is 13.9. The Morgan fingerprint density at radius 3 is 2.05 bits per heavy atom. The van der Waals surface area contributed by atoms with Crippen LogP contribution in [0.25, 0.3) is 0 Å². The molecule has 2 atom stereocenters. The smallest absolute Gasteiger partial charge is 0.322 e. The van der Waals surface area contributed by atoms with Gasteiger partial charge in [0.05, 0.1) is 25.9 Å². The fourth-order valence-electron chi connectivity index (χ4n) is 6.51. The molecule has 1 N–H and O–H groups in total. The predicted octanol–water partition coefficient (Wildman–Crippen LogP) is 3.42. The van der Waals surface area contributed by atoms with Crippen molar-refractivity contribution in [2.24, 2.45) is 0 Å². The number of nitrogens with zero attached hydrogens (tertiary/aromatic N) is 5. The lowest BCUT2D eigenvalue weighted by Gasteiger charge is -2.53. The Kier molecular flexibility index (Phi) is 10.0. The fourth-order valence-corrected chi connectivity index (χ4v) is 6.51. The molecule has 2 aliphatic heterocycles. The van der Waals surface area contributed by atoms with Crippen molar-refractivity contribution >= 4 is 5.91 Å². The molecule has 2 fully saturated rings. The molecule has 2 aromatic carbocycles. The summed E-state index contributed by atoms with van der Waals surface area (Å²) in [6.45, 7) is 11.5. The van der Waals surface area contributed by atoms with E-state index in [1.165, 1.54) is 29.4 Å². The van der Waals surface area contributed by atoms with Gasteiger partial charge >= 0.3 is 6.01 Å². The Balaban J connectivity index is 1.57. The summed E-state index contributed by atoms with van der Waals surface area (Å²) < 4.78 is 17.2. The van der Waals surface area contributed by atoms with E-state index in [9.17, 15) is 9.90 Å². The van der Waals surface area contributed by atoms with Crippen molar-refractivity contribution < 1.29 is 24.1 Å². The molecule has 5 rings (SSSR count). The Morgan fingerprint density at radius 2 is 1.50 bits per heavy atom. The number of carbonyl (C=O) groups excluding carboxylic acids is 1. The highest BCUT2D eigenvalue weighted by molar-refractivity contribution is 5.77. The summed E-state index contributed by atoms with van der Waals surface area (Å²) in [5.41, 5.74) is 5.72. The average molecular weight is 604 g/mol. The summed E-state index contributed by atoms with van der Waals surface area (Å²) in [4.78, 5) is 28.4. The SMILES string of the molecule is COc1nc(OC)c(CN2C[C@@H]3CN(C(=O)CO)CCN3[C@H](C(c3ccc(C)cc3)c3ccc(C)cc3)C2)c(OC(C)C)n1. The molecule has 0 saturated carbocycles. The van der Waals surface area contributed by atoms with Crippen LogP contribution in [0.15, 0.2) is 48.5 Å². The molecule has 0 bridgehead atoms. The lowest BCUT2D eigenvalue weighted by Crippen LogP contribution is -2.67. The van der Waals surface area contributed by atoms with Gasteiger partial charge in [0.2, 0.25) is 17.7 Å². The average Bonchev–Trinajstić information content (AvgIpc) is 3.02. The summed E-state index contributed by atoms with van der Waals surface area (Å²) in [6, 6.07) is 18.1. The molecule has 0 radical (unpaired) electrons. The maximum atomic E-state index is 12.6. The number of benzene rings is 2. The summed E-state index contributed by atoms with van der Waals surface area (Å²) >= 11 is 0. The van der Waals surface area contributed by atoms with Gasteiger partial charge in [0.1, 0.15) is 6.61 Å². The zero-order valence-corrected chi connectivity index (χ0v) is 26.7. The minimum atomic E-state index is -0.481. The van der Waals surface area contributed by atoms with E-state index < -0.39 is 6.61 Å². The van der Waals surface area contributed by atoms with Crippen LogP contribution in [0.5, 0.6) is 17.8 Å². The molecule has 0 unspecified atom stereocenters. The molecule has 3 aromatic rings. The highest BCUT2D eigenvalue weighted by Crippen LogP contribution is 2.38. The lowest BCUT2D eigenvalue weighted by molar-refractivity contribution is -0.139. The van der Waals surface area contributed by atoms with E-state index in [-0.39, 0.29) is 36.0 Å². The van der Waals surface area contributed by atoms with Gasteiger partial charge in [-0.15, -0.1) is 0 Å².